The molecule has 0 aromatic heterocycles. The van der Waals surface area contributed by atoms with Crippen LogP contribution in [0.5, 0.6) is 5.75 Å². The Morgan fingerprint density at radius 2 is 1.56 bits per heavy atom. The van der Waals surface area contributed by atoms with Crippen LogP contribution in [-0.4, -0.2) is 71.5 Å². The smallest absolute Gasteiger partial charge is 0.255 e. The van der Waals surface area contributed by atoms with Gasteiger partial charge in [-0.3, -0.25) is 29.3 Å². The SMILES string of the molecule is CN(CCOc1ccc(/C(=C(/CCCl)c2ccccc2)c2ccccc2)cc1)C(=O)CC(=O)Nc1cccc2c1CN(C1CCC(=O)NC1=O)C2=O. The molecule has 1 fully saturated rings. The Morgan fingerprint density at radius 1 is 0.885 bits per heavy atom. The number of ether oxygens (including phenoxy) is 1. The summed E-state index contributed by atoms with van der Waals surface area (Å²) in [6.45, 7) is 0.582. The number of amides is 5. The van der Waals surface area contributed by atoms with Crippen LogP contribution in [0.2, 0.25) is 0 Å². The Hall–Kier alpha value is -5.74. The molecule has 2 heterocycles. The van der Waals surface area contributed by atoms with E-state index in [1.54, 1.807) is 25.2 Å². The molecule has 2 N–H and O–H groups in total. The van der Waals surface area contributed by atoms with E-state index in [1.807, 2.05) is 60.7 Å². The summed E-state index contributed by atoms with van der Waals surface area (Å²) in [5, 5.41) is 5.04. The molecular formula is C41H39ClN4O6. The van der Waals surface area contributed by atoms with Crippen molar-refractivity contribution in [2.24, 2.45) is 0 Å². The standard InChI is InChI=1S/C41H39ClN4O6/c1-45(38(49)25-37(48)43-34-14-8-13-32-33(34)26-46(41(32)51)35-19-20-36(47)44-40(35)50)23-24-52-30-17-15-29(16-18-30)39(28-11-6-3-7-12-28)31(21-22-42)27-9-4-2-5-10-27/h2-18,35H,19-26H2,1H3,(H,43,48)(H,44,47,50)/b39-31-. The van der Waals surface area contributed by atoms with E-state index in [2.05, 4.69) is 34.9 Å². The van der Waals surface area contributed by atoms with Crippen molar-refractivity contribution in [3.05, 3.63) is 131 Å². The van der Waals surface area contributed by atoms with Crippen molar-refractivity contribution in [1.29, 1.82) is 0 Å². The van der Waals surface area contributed by atoms with E-state index in [0.29, 0.717) is 34.9 Å². The maximum Gasteiger partial charge on any atom is 0.255 e. The van der Waals surface area contributed by atoms with E-state index >= 15 is 0 Å². The fourth-order valence-corrected chi connectivity index (χ4v) is 6.77. The monoisotopic (exact) mass is 718 g/mol. The van der Waals surface area contributed by atoms with E-state index in [-0.39, 0.29) is 44.4 Å². The number of halogens is 1. The third kappa shape index (κ3) is 8.24. The molecule has 5 amide bonds. The normalized spacial score (nSPS) is 15.8. The molecule has 2 aliphatic rings. The highest BCUT2D eigenvalue weighted by molar-refractivity contribution is 6.18. The molecule has 2 aliphatic heterocycles. The van der Waals surface area contributed by atoms with Gasteiger partial charge < -0.3 is 19.9 Å². The number of anilines is 1. The van der Waals surface area contributed by atoms with Gasteiger partial charge in [0, 0.05) is 42.7 Å². The number of allylic oxidation sites excluding steroid dienone is 1. The molecule has 0 spiro atoms. The molecule has 1 saturated heterocycles. The average molecular weight is 719 g/mol. The summed E-state index contributed by atoms with van der Waals surface area (Å²) < 4.78 is 5.98. The van der Waals surface area contributed by atoms with Gasteiger partial charge >= 0.3 is 0 Å². The Labute approximate surface area is 307 Å². The van der Waals surface area contributed by atoms with Gasteiger partial charge in [0.2, 0.25) is 23.6 Å². The van der Waals surface area contributed by atoms with Crippen molar-refractivity contribution in [3.8, 4) is 5.75 Å². The summed E-state index contributed by atoms with van der Waals surface area (Å²) in [4.78, 5) is 65.8. The highest BCUT2D eigenvalue weighted by Gasteiger charge is 2.40. The van der Waals surface area contributed by atoms with Crippen LogP contribution >= 0.6 is 11.6 Å². The zero-order valence-corrected chi connectivity index (χ0v) is 29.5. The van der Waals surface area contributed by atoms with Crippen molar-refractivity contribution in [2.45, 2.75) is 38.3 Å². The van der Waals surface area contributed by atoms with Gasteiger partial charge in [0.25, 0.3) is 5.91 Å². The molecule has 11 heteroatoms. The number of rotatable bonds is 13. The minimum absolute atomic E-state index is 0.106. The van der Waals surface area contributed by atoms with Gasteiger partial charge in [-0.1, -0.05) is 78.9 Å². The van der Waals surface area contributed by atoms with E-state index < -0.39 is 30.2 Å². The first-order valence-electron chi connectivity index (χ1n) is 17.2. The number of nitrogens with zero attached hydrogens (tertiary/aromatic N) is 2. The molecule has 4 aromatic carbocycles. The van der Waals surface area contributed by atoms with Gasteiger partial charge in [-0.2, -0.15) is 0 Å². The van der Waals surface area contributed by atoms with Crippen molar-refractivity contribution in [2.75, 3.05) is 31.4 Å². The second-order valence-electron chi connectivity index (χ2n) is 12.7. The number of alkyl halides is 1. The number of fused-ring (bicyclic) bond motifs is 1. The zero-order valence-electron chi connectivity index (χ0n) is 28.8. The number of carbonyl (C=O) groups is 5. The van der Waals surface area contributed by atoms with E-state index in [1.165, 1.54) is 9.80 Å². The predicted octanol–water partition coefficient (Wildman–Crippen LogP) is 5.90. The summed E-state index contributed by atoms with van der Waals surface area (Å²) in [5.74, 6) is -1.01. The summed E-state index contributed by atoms with van der Waals surface area (Å²) in [7, 11) is 1.61. The third-order valence-electron chi connectivity index (χ3n) is 9.26. The van der Waals surface area contributed by atoms with Gasteiger partial charge in [0.1, 0.15) is 24.8 Å². The van der Waals surface area contributed by atoms with Crippen LogP contribution in [0, 0.1) is 0 Å². The maximum atomic E-state index is 13.1. The van der Waals surface area contributed by atoms with Crippen molar-refractivity contribution < 1.29 is 28.7 Å². The summed E-state index contributed by atoms with van der Waals surface area (Å²) in [6.07, 6.45) is 0.674. The number of carbonyl (C=O) groups excluding carboxylic acids is 5. The van der Waals surface area contributed by atoms with Gasteiger partial charge in [-0.15, -0.1) is 11.6 Å². The summed E-state index contributed by atoms with van der Waals surface area (Å²) >= 11 is 6.29. The van der Waals surface area contributed by atoms with Crippen LogP contribution in [0.1, 0.15) is 58.3 Å². The molecule has 6 rings (SSSR count). The van der Waals surface area contributed by atoms with Crippen molar-refractivity contribution in [3.63, 3.8) is 0 Å². The lowest BCUT2D eigenvalue weighted by molar-refractivity contribution is -0.137. The van der Waals surface area contributed by atoms with Gasteiger partial charge in [0.05, 0.1) is 6.54 Å². The first-order valence-corrected chi connectivity index (χ1v) is 17.7. The van der Waals surface area contributed by atoms with Crippen LogP contribution in [0.3, 0.4) is 0 Å². The van der Waals surface area contributed by atoms with Crippen molar-refractivity contribution in [1.82, 2.24) is 15.1 Å². The second-order valence-corrected chi connectivity index (χ2v) is 13.0. The summed E-state index contributed by atoms with van der Waals surface area (Å²) in [5.41, 5.74) is 6.81. The van der Waals surface area contributed by atoms with Gasteiger partial charge in [-0.05, 0) is 64.9 Å². The fraction of sp³-hybridized carbons (Fsp3) is 0.244. The van der Waals surface area contributed by atoms with Crippen LogP contribution < -0.4 is 15.4 Å². The Balaban J connectivity index is 1.04. The number of hydrogen-bond donors (Lipinski definition) is 2. The number of imide groups is 1. The minimum Gasteiger partial charge on any atom is -0.492 e. The van der Waals surface area contributed by atoms with Crippen LogP contribution in [-0.2, 0) is 25.7 Å². The highest BCUT2D eigenvalue weighted by Crippen LogP contribution is 2.36. The molecule has 1 unspecified atom stereocenters. The maximum absolute atomic E-state index is 13.1. The number of benzene rings is 4. The number of piperidine rings is 1. The van der Waals surface area contributed by atoms with E-state index in [0.717, 1.165) is 27.8 Å². The fourth-order valence-electron chi connectivity index (χ4n) is 6.58. The predicted molar refractivity (Wildman–Crippen MR) is 199 cm³/mol. The average Bonchev–Trinajstić information content (AvgIpc) is 3.49. The molecule has 4 aromatic rings. The molecular weight excluding hydrogens is 680 g/mol. The molecule has 0 bridgehead atoms. The Bertz CT molecular complexity index is 2000. The van der Waals surface area contributed by atoms with Gasteiger partial charge in [0.15, 0.2) is 0 Å². The second kappa shape index (κ2) is 16.5. The lowest BCUT2D eigenvalue weighted by Gasteiger charge is -2.29. The van der Waals surface area contributed by atoms with Crippen LogP contribution in [0.15, 0.2) is 103 Å². The minimum atomic E-state index is -0.770. The summed E-state index contributed by atoms with van der Waals surface area (Å²) in [6, 6.07) is 32.5. The topological polar surface area (TPSA) is 125 Å². The Morgan fingerprint density at radius 3 is 2.23 bits per heavy atom. The van der Waals surface area contributed by atoms with Crippen LogP contribution in [0.4, 0.5) is 5.69 Å². The lowest BCUT2D eigenvalue weighted by atomic mass is 9.88. The highest BCUT2D eigenvalue weighted by atomic mass is 35.5. The van der Waals surface area contributed by atoms with E-state index in [9.17, 15) is 24.0 Å². The number of hydrogen-bond acceptors (Lipinski definition) is 6. The molecule has 10 nitrogen and oxygen atoms in total. The largest absolute Gasteiger partial charge is 0.492 e. The molecule has 0 radical (unpaired) electrons. The first kappa shape index (κ1) is 36.1. The molecule has 52 heavy (non-hydrogen) atoms. The number of likely N-dealkylation sites (N-methyl/N-ethyl adjacent to an activating group) is 1. The van der Waals surface area contributed by atoms with Crippen LogP contribution in [0.25, 0.3) is 11.1 Å². The third-order valence-corrected chi connectivity index (χ3v) is 9.45. The molecule has 266 valence electrons. The Kier molecular flexibility index (Phi) is 11.5. The van der Waals surface area contributed by atoms with Gasteiger partial charge in [-0.25, -0.2) is 0 Å². The lowest BCUT2D eigenvalue weighted by Crippen LogP contribution is -2.52. The molecule has 0 saturated carbocycles. The molecule has 0 aliphatic carbocycles. The molecule has 1 atom stereocenters. The first-order chi connectivity index (χ1) is 25.2. The quantitative estimate of drug-likeness (QED) is 0.0768. The van der Waals surface area contributed by atoms with E-state index in [4.69, 9.17) is 16.3 Å². The van der Waals surface area contributed by atoms with Crippen molar-refractivity contribution >= 4 is 58.0 Å². The zero-order chi connectivity index (χ0) is 36.6. The number of nitrogens with one attached hydrogen (secondary N) is 2.